The van der Waals surface area contributed by atoms with E-state index in [1.54, 1.807) is 14.0 Å². The van der Waals surface area contributed by atoms with Gasteiger partial charge in [0.15, 0.2) is 0 Å². The molecule has 0 amide bonds. The maximum Gasteiger partial charge on any atom is 0.419 e. The van der Waals surface area contributed by atoms with Crippen LogP contribution in [0, 0.1) is 0 Å². The average Bonchev–Trinajstić information content (AvgIpc) is 2.38. The van der Waals surface area contributed by atoms with Crippen LogP contribution in [0.4, 0.5) is 13.2 Å². The third-order valence-electron chi connectivity index (χ3n) is 3.06. The van der Waals surface area contributed by atoms with E-state index in [9.17, 15) is 13.2 Å². The molecule has 0 aliphatic rings. The van der Waals surface area contributed by atoms with Gasteiger partial charge in [0.1, 0.15) is 5.75 Å². The SMILES string of the molecule is CNC(C)(CO)CCOc1ccccc1C(F)(F)F. The van der Waals surface area contributed by atoms with Crippen LogP contribution in [0.25, 0.3) is 0 Å². The molecule has 0 aromatic heterocycles. The number of benzene rings is 1. The number of halogens is 3. The van der Waals surface area contributed by atoms with Gasteiger partial charge in [-0.1, -0.05) is 12.1 Å². The second kappa shape index (κ2) is 6.25. The van der Waals surface area contributed by atoms with Crippen LogP contribution in [0.3, 0.4) is 0 Å². The Balaban J connectivity index is 2.69. The highest BCUT2D eigenvalue weighted by Gasteiger charge is 2.34. The fraction of sp³-hybridized carbons (Fsp3) is 0.538. The highest BCUT2D eigenvalue weighted by molar-refractivity contribution is 5.35. The lowest BCUT2D eigenvalue weighted by molar-refractivity contribution is -0.139. The van der Waals surface area contributed by atoms with Crippen LogP contribution < -0.4 is 10.1 Å². The van der Waals surface area contributed by atoms with E-state index in [1.807, 2.05) is 0 Å². The molecular weight excluding hydrogens is 259 g/mol. The van der Waals surface area contributed by atoms with Crippen molar-refractivity contribution in [2.45, 2.75) is 25.1 Å². The lowest BCUT2D eigenvalue weighted by atomic mass is 10.0. The van der Waals surface area contributed by atoms with Crippen molar-refractivity contribution in [2.24, 2.45) is 0 Å². The molecule has 108 valence electrons. The molecule has 0 spiro atoms. The summed E-state index contributed by atoms with van der Waals surface area (Å²) in [5, 5.41) is 12.1. The first kappa shape index (κ1) is 15.8. The number of aliphatic hydroxyl groups excluding tert-OH is 1. The van der Waals surface area contributed by atoms with Gasteiger partial charge >= 0.3 is 6.18 Å². The molecule has 3 nitrogen and oxygen atoms in total. The minimum absolute atomic E-state index is 0.0883. The molecule has 2 N–H and O–H groups in total. The van der Waals surface area contributed by atoms with Crippen molar-refractivity contribution < 1.29 is 23.0 Å². The molecule has 0 aliphatic carbocycles. The maximum absolute atomic E-state index is 12.7. The summed E-state index contributed by atoms with van der Waals surface area (Å²) in [4.78, 5) is 0. The van der Waals surface area contributed by atoms with E-state index in [-0.39, 0.29) is 19.0 Å². The number of rotatable bonds is 6. The van der Waals surface area contributed by atoms with Crippen molar-refractivity contribution in [1.82, 2.24) is 5.32 Å². The summed E-state index contributed by atoms with van der Waals surface area (Å²) in [6, 6.07) is 5.09. The Morgan fingerprint density at radius 3 is 2.42 bits per heavy atom. The topological polar surface area (TPSA) is 41.5 Å². The lowest BCUT2D eigenvalue weighted by Crippen LogP contribution is -2.44. The summed E-state index contributed by atoms with van der Waals surface area (Å²) in [5.41, 5.74) is -1.35. The number of hydrogen-bond acceptors (Lipinski definition) is 3. The zero-order chi connectivity index (χ0) is 14.5. The number of para-hydroxylation sites is 1. The van der Waals surface area contributed by atoms with Gasteiger partial charge in [-0.3, -0.25) is 0 Å². The maximum atomic E-state index is 12.7. The third-order valence-corrected chi connectivity index (χ3v) is 3.06. The van der Waals surface area contributed by atoms with Gasteiger partial charge in [-0.2, -0.15) is 13.2 Å². The Labute approximate surface area is 110 Å². The average molecular weight is 277 g/mol. The molecule has 1 aromatic carbocycles. The lowest BCUT2D eigenvalue weighted by Gasteiger charge is -2.26. The van der Waals surface area contributed by atoms with Gasteiger partial charge in [0.25, 0.3) is 0 Å². The monoisotopic (exact) mass is 277 g/mol. The number of alkyl halides is 3. The molecule has 0 fully saturated rings. The van der Waals surface area contributed by atoms with Crippen molar-refractivity contribution in [1.29, 1.82) is 0 Å². The molecule has 0 aliphatic heterocycles. The Morgan fingerprint density at radius 2 is 1.89 bits per heavy atom. The molecule has 1 unspecified atom stereocenters. The molecular formula is C13H18F3NO2. The van der Waals surface area contributed by atoms with E-state index in [2.05, 4.69) is 5.32 Å². The fourth-order valence-corrected chi connectivity index (χ4v) is 1.50. The van der Waals surface area contributed by atoms with E-state index in [0.717, 1.165) is 6.07 Å². The first-order valence-corrected chi connectivity index (χ1v) is 5.91. The van der Waals surface area contributed by atoms with Gasteiger partial charge in [-0.15, -0.1) is 0 Å². The highest BCUT2D eigenvalue weighted by Crippen LogP contribution is 2.35. The van der Waals surface area contributed by atoms with Crippen molar-refractivity contribution in [3.8, 4) is 5.75 Å². The number of nitrogens with one attached hydrogen (secondary N) is 1. The molecule has 0 saturated carbocycles. The van der Waals surface area contributed by atoms with Crippen LogP contribution in [0.15, 0.2) is 24.3 Å². The largest absolute Gasteiger partial charge is 0.493 e. The molecule has 6 heteroatoms. The molecule has 1 atom stereocenters. The smallest absolute Gasteiger partial charge is 0.419 e. The van der Waals surface area contributed by atoms with Gasteiger partial charge in [0.05, 0.1) is 18.8 Å². The van der Waals surface area contributed by atoms with Gasteiger partial charge in [-0.25, -0.2) is 0 Å². The zero-order valence-electron chi connectivity index (χ0n) is 10.9. The number of hydrogen-bond donors (Lipinski definition) is 2. The fourth-order valence-electron chi connectivity index (χ4n) is 1.50. The molecule has 0 heterocycles. The van der Waals surface area contributed by atoms with E-state index >= 15 is 0 Å². The van der Waals surface area contributed by atoms with Crippen molar-refractivity contribution in [3.05, 3.63) is 29.8 Å². The van der Waals surface area contributed by atoms with E-state index in [1.165, 1.54) is 18.2 Å². The second-order valence-corrected chi connectivity index (χ2v) is 4.56. The molecule has 1 rings (SSSR count). The number of likely N-dealkylation sites (N-methyl/N-ethyl adjacent to an activating group) is 1. The summed E-state index contributed by atoms with van der Waals surface area (Å²) in [6.07, 6.45) is -4.04. The molecule has 0 saturated heterocycles. The van der Waals surface area contributed by atoms with Gasteiger partial charge in [0, 0.05) is 12.0 Å². The first-order valence-electron chi connectivity index (χ1n) is 5.91. The molecule has 0 bridgehead atoms. The van der Waals surface area contributed by atoms with E-state index in [4.69, 9.17) is 9.84 Å². The summed E-state index contributed by atoms with van der Waals surface area (Å²) in [6.45, 7) is 1.74. The van der Waals surface area contributed by atoms with Gasteiger partial charge in [-0.05, 0) is 26.1 Å². The standard InChI is InChI=1S/C13H18F3NO2/c1-12(9-18,17-2)7-8-19-11-6-4-3-5-10(11)13(14,15)16/h3-6,17-18H,7-9H2,1-2H3. The summed E-state index contributed by atoms with van der Waals surface area (Å²) >= 11 is 0. The highest BCUT2D eigenvalue weighted by atomic mass is 19.4. The molecule has 1 aromatic rings. The van der Waals surface area contributed by atoms with Crippen LogP contribution in [0.2, 0.25) is 0 Å². The van der Waals surface area contributed by atoms with Crippen LogP contribution in [0.5, 0.6) is 5.75 Å². The predicted octanol–water partition coefficient (Wildman–Crippen LogP) is 2.44. The number of aliphatic hydroxyl groups is 1. The Morgan fingerprint density at radius 1 is 1.26 bits per heavy atom. The van der Waals surface area contributed by atoms with Crippen LogP contribution in [-0.4, -0.2) is 30.9 Å². The quantitative estimate of drug-likeness (QED) is 0.839. The molecule has 0 radical (unpaired) electrons. The van der Waals surface area contributed by atoms with E-state index in [0.29, 0.717) is 6.42 Å². The van der Waals surface area contributed by atoms with Gasteiger partial charge < -0.3 is 15.2 Å². The minimum Gasteiger partial charge on any atom is -0.493 e. The summed E-state index contributed by atoms with van der Waals surface area (Å²) < 4.78 is 43.3. The summed E-state index contributed by atoms with van der Waals surface area (Å²) in [5.74, 6) is -0.189. The minimum atomic E-state index is -4.43. The predicted molar refractivity (Wildman–Crippen MR) is 66.1 cm³/mol. The van der Waals surface area contributed by atoms with E-state index < -0.39 is 17.3 Å². The van der Waals surface area contributed by atoms with Crippen molar-refractivity contribution in [2.75, 3.05) is 20.3 Å². The van der Waals surface area contributed by atoms with Crippen molar-refractivity contribution >= 4 is 0 Å². The van der Waals surface area contributed by atoms with Crippen LogP contribution in [-0.2, 0) is 6.18 Å². The van der Waals surface area contributed by atoms with Crippen LogP contribution >= 0.6 is 0 Å². The van der Waals surface area contributed by atoms with Crippen molar-refractivity contribution in [3.63, 3.8) is 0 Å². The Kier molecular flexibility index (Phi) is 5.20. The normalized spacial score (nSPS) is 15.1. The third kappa shape index (κ3) is 4.40. The Hall–Kier alpha value is -1.27. The zero-order valence-corrected chi connectivity index (χ0v) is 10.9. The van der Waals surface area contributed by atoms with Crippen LogP contribution in [0.1, 0.15) is 18.9 Å². The summed E-state index contributed by atoms with van der Waals surface area (Å²) in [7, 11) is 1.68. The molecule has 19 heavy (non-hydrogen) atoms. The Bertz CT molecular complexity index is 403. The first-order chi connectivity index (χ1) is 8.82. The second-order valence-electron chi connectivity index (χ2n) is 4.56. The van der Waals surface area contributed by atoms with Gasteiger partial charge in [0.2, 0.25) is 0 Å². The number of ether oxygens (including phenoxy) is 1.